The number of halogens is 2. The molecule has 2 amide bonds. The molecule has 1 unspecified atom stereocenters. The SMILES string of the molecule is C[C@@H](C(=O)Nc1ccc(F)cc1)[NH+](C)CC(=O)Nc1ccccc1Br. The Balaban J connectivity index is 1.89. The number of para-hydroxylation sites is 1. The minimum absolute atomic E-state index is 0.138. The molecule has 0 aromatic heterocycles. The molecule has 0 fully saturated rings. The van der Waals surface area contributed by atoms with Gasteiger partial charge in [-0.1, -0.05) is 12.1 Å². The van der Waals surface area contributed by atoms with Crippen LogP contribution in [0.25, 0.3) is 0 Å². The van der Waals surface area contributed by atoms with Gasteiger partial charge in [0.05, 0.1) is 12.7 Å². The smallest absolute Gasteiger partial charge is 0.282 e. The molecule has 0 radical (unpaired) electrons. The Hall–Kier alpha value is -2.25. The summed E-state index contributed by atoms with van der Waals surface area (Å²) in [7, 11) is 1.77. The maximum atomic E-state index is 12.9. The van der Waals surface area contributed by atoms with Gasteiger partial charge in [-0.05, 0) is 59.3 Å². The van der Waals surface area contributed by atoms with Crippen LogP contribution in [0.3, 0.4) is 0 Å². The highest BCUT2D eigenvalue weighted by atomic mass is 79.9. The van der Waals surface area contributed by atoms with E-state index in [9.17, 15) is 14.0 Å². The van der Waals surface area contributed by atoms with Crippen LogP contribution in [-0.2, 0) is 9.59 Å². The number of nitrogens with one attached hydrogen (secondary N) is 3. The highest BCUT2D eigenvalue weighted by Gasteiger charge is 2.24. The van der Waals surface area contributed by atoms with Crippen molar-refractivity contribution < 1.29 is 18.9 Å². The number of hydrogen-bond acceptors (Lipinski definition) is 2. The van der Waals surface area contributed by atoms with E-state index in [0.29, 0.717) is 11.4 Å². The van der Waals surface area contributed by atoms with Gasteiger partial charge in [0.15, 0.2) is 12.6 Å². The second-order valence-electron chi connectivity index (χ2n) is 5.77. The minimum Gasteiger partial charge on any atom is -0.321 e. The first-order valence-electron chi connectivity index (χ1n) is 7.80. The fourth-order valence-corrected chi connectivity index (χ4v) is 2.55. The molecule has 2 aromatic carbocycles. The average molecular weight is 409 g/mol. The number of carbonyl (C=O) groups is 2. The maximum Gasteiger partial charge on any atom is 0.282 e. The number of amides is 2. The van der Waals surface area contributed by atoms with Crippen LogP contribution in [0.5, 0.6) is 0 Å². The highest BCUT2D eigenvalue weighted by Crippen LogP contribution is 2.20. The summed E-state index contributed by atoms with van der Waals surface area (Å²) in [6.07, 6.45) is 0. The fourth-order valence-electron chi connectivity index (χ4n) is 2.17. The molecule has 0 spiro atoms. The van der Waals surface area contributed by atoms with Gasteiger partial charge in [0.25, 0.3) is 11.8 Å². The van der Waals surface area contributed by atoms with E-state index in [2.05, 4.69) is 26.6 Å². The minimum atomic E-state index is -0.449. The molecule has 7 heteroatoms. The van der Waals surface area contributed by atoms with Crippen LogP contribution < -0.4 is 15.5 Å². The monoisotopic (exact) mass is 408 g/mol. The predicted octanol–water partition coefficient (Wildman–Crippen LogP) is 2.07. The van der Waals surface area contributed by atoms with Crippen molar-refractivity contribution in [1.29, 1.82) is 0 Å². The lowest BCUT2D eigenvalue weighted by molar-refractivity contribution is -0.885. The Morgan fingerprint density at radius 1 is 1.12 bits per heavy atom. The van der Waals surface area contributed by atoms with E-state index in [0.717, 1.165) is 9.37 Å². The number of rotatable bonds is 6. The Bertz CT molecular complexity index is 752. The van der Waals surface area contributed by atoms with Crippen molar-refractivity contribution in [2.24, 2.45) is 0 Å². The summed E-state index contributed by atoms with van der Waals surface area (Å²) in [6.45, 7) is 1.87. The van der Waals surface area contributed by atoms with Crippen molar-refractivity contribution in [1.82, 2.24) is 0 Å². The number of benzene rings is 2. The summed E-state index contributed by atoms with van der Waals surface area (Å²) in [4.78, 5) is 25.2. The van der Waals surface area contributed by atoms with Crippen molar-refractivity contribution in [2.75, 3.05) is 24.2 Å². The molecule has 2 rings (SSSR count). The molecule has 0 aliphatic heterocycles. The molecular weight excluding hydrogens is 389 g/mol. The summed E-state index contributed by atoms with van der Waals surface area (Å²) in [5.74, 6) is -0.791. The first-order valence-corrected chi connectivity index (χ1v) is 8.59. The third-order valence-electron chi connectivity index (χ3n) is 3.83. The molecular formula is C18H20BrFN3O2+. The van der Waals surface area contributed by atoms with E-state index >= 15 is 0 Å². The molecule has 0 bridgehead atoms. The zero-order valence-electron chi connectivity index (χ0n) is 14.0. The fraction of sp³-hybridized carbons (Fsp3) is 0.222. The number of hydrogen-bond donors (Lipinski definition) is 3. The third kappa shape index (κ3) is 5.65. The van der Waals surface area contributed by atoms with Gasteiger partial charge in [-0.25, -0.2) is 4.39 Å². The Labute approximate surface area is 154 Å². The third-order valence-corrected chi connectivity index (χ3v) is 4.52. The van der Waals surface area contributed by atoms with Gasteiger partial charge < -0.3 is 15.5 Å². The van der Waals surface area contributed by atoms with E-state index in [4.69, 9.17) is 0 Å². The van der Waals surface area contributed by atoms with Crippen LogP contribution in [0.1, 0.15) is 6.92 Å². The average Bonchev–Trinajstić information content (AvgIpc) is 2.58. The lowest BCUT2D eigenvalue weighted by Crippen LogP contribution is -3.14. The molecule has 2 atom stereocenters. The molecule has 0 saturated carbocycles. The molecule has 5 nitrogen and oxygen atoms in total. The van der Waals surface area contributed by atoms with E-state index in [1.165, 1.54) is 24.3 Å². The predicted molar refractivity (Wildman–Crippen MR) is 99.0 cm³/mol. The molecule has 132 valence electrons. The maximum absolute atomic E-state index is 12.9. The molecule has 0 aliphatic rings. The zero-order valence-corrected chi connectivity index (χ0v) is 15.6. The van der Waals surface area contributed by atoms with Crippen molar-refractivity contribution in [3.63, 3.8) is 0 Å². The second kappa shape index (κ2) is 8.73. The quantitative estimate of drug-likeness (QED) is 0.684. The highest BCUT2D eigenvalue weighted by molar-refractivity contribution is 9.10. The lowest BCUT2D eigenvalue weighted by atomic mass is 10.2. The zero-order chi connectivity index (χ0) is 18.4. The van der Waals surface area contributed by atoms with E-state index in [1.807, 2.05) is 18.2 Å². The number of likely N-dealkylation sites (N-methyl/N-ethyl adjacent to an activating group) is 1. The number of carbonyl (C=O) groups excluding carboxylic acids is 2. The summed E-state index contributed by atoms with van der Waals surface area (Å²) < 4.78 is 13.7. The molecule has 2 aromatic rings. The summed E-state index contributed by atoms with van der Waals surface area (Å²) in [6, 6.07) is 12.4. The van der Waals surface area contributed by atoms with Crippen molar-refractivity contribution in [2.45, 2.75) is 13.0 Å². The van der Waals surface area contributed by atoms with Crippen molar-refractivity contribution in [3.05, 3.63) is 58.8 Å². The molecule has 3 N–H and O–H groups in total. The first kappa shape index (κ1) is 19.1. The van der Waals surface area contributed by atoms with Gasteiger partial charge in [0.2, 0.25) is 0 Å². The first-order chi connectivity index (χ1) is 11.9. The molecule has 25 heavy (non-hydrogen) atoms. The molecule has 0 heterocycles. The molecule has 0 aliphatic carbocycles. The standard InChI is InChI=1S/C18H19BrFN3O2/c1-12(18(25)21-14-9-7-13(20)8-10-14)23(2)11-17(24)22-16-6-4-3-5-15(16)19/h3-10,12H,11H2,1-2H3,(H,21,25)(H,22,24)/p+1/t12-/m0/s1. The van der Waals surface area contributed by atoms with Crippen LogP contribution in [0.2, 0.25) is 0 Å². The van der Waals surface area contributed by atoms with Crippen LogP contribution in [0, 0.1) is 5.82 Å². The summed E-state index contributed by atoms with van der Waals surface area (Å²) in [5.41, 5.74) is 1.20. The van der Waals surface area contributed by atoms with Crippen LogP contribution >= 0.6 is 15.9 Å². The van der Waals surface area contributed by atoms with E-state index < -0.39 is 6.04 Å². The summed E-state index contributed by atoms with van der Waals surface area (Å²) >= 11 is 3.37. The number of anilines is 2. The normalized spacial score (nSPS) is 13.0. The van der Waals surface area contributed by atoms with Gasteiger partial charge in [0.1, 0.15) is 5.82 Å². The van der Waals surface area contributed by atoms with Crippen LogP contribution in [0.4, 0.5) is 15.8 Å². The van der Waals surface area contributed by atoms with Gasteiger partial charge in [-0.15, -0.1) is 0 Å². The Morgan fingerprint density at radius 2 is 1.76 bits per heavy atom. The van der Waals surface area contributed by atoms with E-state index in [1.54, 1.807) is 20.0 Å². The van der Waals surface area contributed by atoms with Crippen molar-refractivity contribution in [3.8, 4) is 0 Å². The summed E-state index contributed by atoms with van der Waals surface area (Å²) in [5, 5.41) is 5.53. The van der Waals surface area contributed by atoms with Crippen molar-refractivity contribution >= 4 is 39.1 Å². The lowest BCUT2D eigenvalue weighted by Gasteiger charge is -2.20. The number of quaternary nitrogens is 1. The van der Waals surface area contributed by atoms with Gasteiger partial charge in [-0.3, -0.25) is 9.59 Å². The van der Waals surface area contributed by atoms with Crippen LogP contribution in [-0.4, -0.2) is 31.4 Å². The van der Waals surface area contributed by atoms with Gasteiger partial charge >= 0.3 is 0 Å². The second-order valence-corrected chi connectivity index (χ2v) is 6.62. The topological polar surface area (TPSA) is 62.6 Å². The molecule has 0 saturated heterocycles. The Morgan fingerprint density at radius 3 is 2.40 bits per heavy atom. The van der Waals surface area contributed by atoms with E-state index in [-0.39, 0.29) is 24.2 Å². The largest absolute Gasteiger partial charge is 0.321 e. The van der Waals surface area contributed by atoms with Gasteiger partial charge in [0, 0.05) is 10.2 Å². The Kier molecular flexibility index (Phi) is 6.66. The van der Waals surface area contributed by atoms with Crippen LogP contribution in [0.15, 0.2) is 53.0 Å². The van der Waals surface area contributed by atoms with Gasteiger partial charge in [-0.2, -0.15) is 0 Å².